The molecule has 178 valence electrons. The number of fused-ring (bicyclic) bond motifs is 5. The summed E-state index contributed by atoms with van der Waals surface area (Å²) in [7, 11) is 0. The number of carbonyl (C=O) groups excluding carboxylic acids is 1. The Morgan fingerprint density at radius 3 is 2.52 bits per heavy atom. The molecule has 4 aliphatic carbocycles. The van der Waals surface area contributed by atoms with Gasteiger partial charge in [-0.15, -0.1) is 0 Å². The van der Waals surface area contributed by atoms with Crippen molar-refractivity contribution >= 4 is 5.91 Å². The van der Waals surface area contributed by atoms with E-state index in [1.54, 1.807) is 0 Å². The zero-order valence-electron chi connectivity index (χ0n) is 20.0. The summed E-state index contributed by atoms with van der Waals surface area (Å²) in [5.41, 5.74) is 6.07. The highest BCUT2D eigenvalue weighted by Crippen LogP contribution is 2.68. The van der Waals surface area contributed by atoms with Crippen LogP contribution in [0.3, 0.4) is 0 Å². The van der Waals surface area contributed by atoms with Gasteiger partial charge in [-0.2, -0.15) is 0 Å². The number of hydrogen-bond donors (Lipinski definition) is 4. The van der Waals surface area contributed by atoms with Gasteiger partial charge >= 0.3 is 0 Å². The van der Waals surface area contributed by atoms with Crippen molar-refractivity contribution in [2.75, 3.05) is 13.1 Å². The fraction of sp³-hybridized carbons (Fsp3) is 0.962. The molecule has 1 amide bonds. The van der Waals surface area contributed by atoms with E-state index in [9.17, 15) is 15.0 Å². The molecule has 0 aromatic carbocycles. The van der Waals surface area contributed by atoms with Crippen LogP contribution in [0.15, 0.2) is 0 Å². The first-order chi connectivity index (χ1) is 14.7. The van der Waals surface area contributed by atoms with Crippen molar-refractivity contribution in [1.29, 1.82) is 0 Å². The largest absolute Gasteiger partial charge is 0.393 e. The maximum absolute atomic E-state index is 12.1. The summed E-state index contributed by atoms with van der Waals surface area (Å²) in [5.74, 6) is 3.39. The van der Waals surface area contributed by atoms with E-state index < -0.39 is 0 Å². The lowest BCUT2D eigenvalue weighted by molar-refractivity contribution is -0.174. The van der Waals surface area contributed by atoms with Gasteiger partial charge in [-0.05, 0) is 104 Å². The summed E-state index contributed by atoms with van der Waals surface area (Å²) in [5, 5.41) is 24.5. The molecule has 0 aromatic heterocycles. The van der Waals surface area contributed by atoms with E-state index in [2.05, 4.69) is 26.1 Å². The second-order valence-corrected chi connectivity index (χ2v) is 12.1. The lowest BCUT2D eigenvalue weighted by Gasteiger charge is -2.62. The Bertz CT molecular complexity index is 657. The average Bonchev–Trinajstić information content (AvgIpc) is 3.09. The number of nitrogens with one attached hydrogen (secondary N) is 1. The third kappa shape index (κ3) is 4.08. The summed E-state index contributed by atoms with van der Waals surface area (Å²) in [6.45, 7) is 8.38. The van der Waals surface area contributed by atoms with Gasteiger partial charge in [0.25, 0.3) is 0 Å². The quantitative estimate of drug-likeness (QED) is 0.515. The topological polar surface area (TPSA) is 95.6 Å². The number of aliphatic hydroxyl groups excluding tert-OH is 2. The van der Waals surface area contributed by atoms with Crippen LogP contribution in [0.2, 0.25) is 0 Å². The molecule has 4 fully saturated rings. The Kier molecular flexibility index (Phi) is 6.78. The van der Waals surface area contributed by atoms with Gasteiger partial charge in [0.2, 0.25) is 5.91 Å². The van der Waals surface area contributed by atoms with E-state index in [0.717, 1.165) is 32.1 Å². The molecule has 10 atom stereocenters. The Morgan fingerprint density at radius 1 is 1.06 bits per heavy atom. The molecule has 5 nitrogen and oxygen atoms in total. The van der Waals surface area contributed by atoms with Crippen molar-refractivity contribution in [3.05, 3.63) is 0 Å². The predicted molar refractivity (Wildman–Crippen MR) is 123 cm³/mol. The highest BCUT2D eigenvalue weighted by Gasteiger charge is 2.62. The normalized spacial score (nSPS) is 47.7. The summed E-state index contributed by atoms with van der Waals surface area (Å²) in [4.78, 5) is 12.1. The highest BCUT2D eigenvalue weighted by atomic mass is 16.3. The molecule has 0 spiro atoms. The smallest absolute Gasteiger partial charge is 0.220 e. The zero-order chi connectivity index (χ0) is 22.4. The summed E-state index contributed by atoms with van der Waals surface area (Å²) in [6, 6.07) is 0. The molecule has 31 heavy (non-hydrogen) atoms. The molecule has 0 heterocycles. The van der Waals surface area contributed by atoms with Crippen molar-refractivity contribution < 1.29 is 15.0 Å². The molecule has 4 saturated carbocycles. The second kappa shape index (κ2) is 8.95. The van der Waals surface area contributed by atoms with Crippen molar-refractivity contribution in [3.63, 3.8) is 0 Å². The van der Waals surface area contributed by atoms with Crippen molar-refractivity contribution in [2.45, 2.75) is 97.2 Å². The zero-order valence-corrected chi connectivity index (χ0v) is 20.0. The van der Waals surface area contributed by atoms with Gasteiger partial charge in [0.15, 0.2) is 0 Å². The molecule has 0 bridgehead atoms. The van der Waals surface area contributed by atoms with Crippen LogP contribution in [0.25, 0.3) is 0 Å². The molecular formula is C26H46N2O3. The number of rotatable bonds is 6. The van der Waals surface area contributed by atoms with Crippen molar-refractivity contribution in [1.82, 2.24) is 5.32 Å². The monoisotopic (exact) mass is 434 g/mol. The van der Waals surface area contributed by atoms with E-state index in [-0.39, 0.29) is 28.9 Å². The average molecular weight is 435 g/mol. The molecule has 0 aliphatic heterocycles. The van der Waals surface area contributed by atoms with Crippen LogP contribution in [0.1, 0.15) is 85.0 Å². The fourth-order valence-corrected chi connectivity index (χ4v) is 9.04. The van der Waals surface area contributed by atoms with Crippen LogP contribution in [0.4, 0.5) is 0 Å². The summed E-state index contributed by atoms with van der Waals surface area (Å²) >= 11 is 0. The Morgan fingerprint density at radius 2 is 1.77 bits per heavy atom. The van der Waals surface area contributed by atoms with Gasteiger partial charge in [-0.3, -0.25) is 4.79 Å². The minimum atomic E-state index is -0.214. The van der Waals surface area contributed by atoms with Crippen LogP contribution < -0.4 is 11.1 Å². The molecule has 0 aromatic rings. The van der Waals surface area contributed by atoms with Gasteiger partial charge in [-0.1, -0.05) is 20.8 Å². The molecule has 5 heteroatoms. The standard InChI is InChI=1S/C26H46N2O3/c1-16(4-7-23(31)28-13-12-27)19-5-6-20-24-21(9-11-26(19,20)3)25(2)10-8-18(29)14-17(25)15-22(24)30/h16-22,24,29-30H,4-15,27H2,1-3H3,(H,28,31)/t16-,17+,18-,19-,20+,21+,22+,24+,25+,26-/m1/s1. The summed E-state index contributed by atoms with van der Waals surface area (Å²) in [6.07, 6.45) is 9.90. The molecule has 0 radical (unpaired) electrons. The van der Waals surface area contributed by atoms with Gasteiger partial charge < -0.3 is 21.3 Å². The maximum Gasteiger partial charge on any atom is 0.220 e. The number of aliphatic hydroxyl groups is 2. The van der Waals surface area contributed by atoms with Crippen LogP contribution in [-0.4, -0.2) is 41.4 Å². The molecule has 5 N–H and O–H groups in total. The van der Waals surface area contributed by atoms with E-state index >= 15 is 0 Å². The van der Waals surface area contributed by atoms with Gasteiger partial charge in [-0.25, -0.2) is 0 Å². The fourth-order valence-electron chi connectivity index (χ4n) is 9.04. The molecule has 4 aliphatic rings. The first kappa shape index (κ1) is 23.5. The van der Waals surface area contributed by atoms with Gasteiger partial charge in [0, 0.05) is 19.5 Å². The van der Waals surface area contributed by atoms with E-state index in [4.69, 9.17) is 5.73 Å². The number of amides is 1. The number of hydrogen-bond acceptors (Lipinski definition) is 4. The van der Waals surface area contributed by atoms with Crippen LogP contribution in [0, 0.1) is 46.3 Å². The first-order valence-electron chi connectivity index (χ1n) is 13.0. The SMILES string of the molecule is C[C@H](CCC(=O)NCCN)[C@H]1CC[C@H]2[C@@H]3[C@@H](O)C[C@@H]4C[C@H](O)CC[C@]4(C)[C@H]3CC[C@]12C. The van der Waals surface area contributed by atoms with Crippen molar-refractivity contribution in [3.8, 4) is 0 Å². The van der Waals surface area contributed by atoms with Crippen molar-refractivity contribution in [2.24, 2.45) is 52.1 Å². The maximum atomic E-state index is 12.1. The predicted octanol–water partition coefficient (Wildman–Crippen LogP) is 3.47. The van der Waals surface area contributed by atoms with Crippen LogP contribution in [-0.2, 0) is 4.79 Å². The Hall–Kier alpha value is -0.650. The Balaban J connectivity index is 1.46. The third-order valence-electron chi connectivity index (χ3n) is 10.7. The van der Waals surface area contributed by atoms with Crippen LogP contribution >= 0.6 is 0 Å². The molecular weight excluding hydrogens is 388 g/mol. The first-order valence-corrected chi connectivity index (χ1v) is 13.0. The second-order valence-electron chi connectivity index (χ2n) is 12.1. The van der Waals surface area contributed by atoms with Gasteiger partial charge in [0.05, 0.1) is 12.2 Å². The third-order valence-corrected chi connectivity index (χ3v) is 10.7. The lowest BCUT2D eigenvalue weighted by atomic mass is 9.43. The van der Waals surface area contributed by atoms with Gasteiger partial charge in [0.1, 0.15) is 0 Å². The number of nitrogens with two attached hydrogens (primary N) is 1. The van der Waals surface area contributed by atoms with Crippen LogP contribution in [0.5, 0.6) is 0 Å². The minimum Gasteiger partial charge on any atom is -0.393 e. The van der Waals surface area contributed by atoms with E-state index in [1.165, 1.54) is 25.7 Å². The molecule has 0 saturated heterocycles. The van der Waals surface area contributed by atoms with E-state index in [0.29, 0.717) is 55.0 Å². The molecule has 4 rings (SSSR count). The van der Waals surface area contributed by atoms with E-state index in [1.807, 2.05) is 0 Å². The number of carbonyl (C=O) groups is 1. The highest BCUT2D eigenvalue weighted by molar-refractivity contribution is 5.75. The minimum absolute atomic E-state index is 0.127. The Labute approximate surface area is 188 Å². The molecule has 0 unspecified atom stereocenters. The lowest BCUT2D eigenvalue weighted by Crippen LogP contribution is -2.58. The summed E-state index contributed by atoms with van der Waals surface area (Å²) < 4.78 is 0.